The fourth-order valence-corrected chi connectivity index (χ4v) is 2.31. The lowest BCUT2D eigenvalue weighted by molar-refractivity contribution is 0.543. The lowest BCUT2D eigenvalue weighted by Crippen LogP contribution is -2.24. The van der Waals surface area contributed by atoms with Gasteiger partial charge >= 0.3 is 0 Å². The molecule has 0 saturated carbocycles. The van der Waals surface area contributed by atoms with Crippen molar-refractivity contribution in [2.75, 3.05) is 0 Å². The zero-order valence-electron chi connectivity index (χ0n) is 10.5. The van der Waals surface area contributed by atoms with E-state index in [2.05, 4.69) is 9.97 Å². The van der Waals surface area contributed by atoms with Gasteiger partial charge in [-0.05, 0) is 18.4 Å². The van der Waals surface area contributed by atoms with E-state index in [1.165, 1.54) is 0 Å². The van der Waals surface area contributed by atoms with Crippen LogP contribution in [0.4, 0.5) is 0 Å². The number of thiophene rings is 1. The fraction of sp³-hybridized carbons (Fsp3) is 0.385. The third-order valence-electron chi connectivity index (χ3n) is 2.62. The highest BCUT2D eigenvalue weighted by atomic mass is 32.1. The van der Waals surface area contributed by atoms with Gasteiger partial charge in [0, 0.05) is 11.0 Å². The van der Waals surface area contributed by atoms with E-state index in [9.17, 15) is 4.79 Å². The molecule has 2 aromatic rings. The van der Waals surface area contributed by atoms with Crippen LogP contribution in [0, 0.1) is 6.92 Å². The summed E-state index contributed by atoms with van der Waals surface area (Å²) < 4.78 is 0. The van der Waals surface area contributed by atoms with Crippen LogP contribution < -0.4 is 5.56 Å². The van der Waals surface area contributed by atoms with Crippen LogP contribution in [0.1, 0.15) is 32.2 Å². The second kappa shape index (κ2) is 4.11. The summed E-state index contributed by atoms with van der Waals surface area (Å²) in [5.74, 6) is 0.733. The Morgan fingerprint density at radius 1 is 1.35 bits per heavy atom. The third kappa shape index (κ3) is 2.31. The summed E-state index contributed by atoms with van der Waals surface area (Å²) in [4.78, 5) is 20.4. The average Bonchev–Trinajstić information content (AvgIpc) is 2.73. The van der Waals surface area contributed by atoms with E-state index in [1.54, 1.807) is 11.3 Å². The van der Waals surface area contributed by atoms with Crippen LogP contribution in [0.2, 0.25) is 0 Å². The molecule has 3 nitrogen and oxygen atoms in total. The highest BCUT2D eigenvalue weighted by Gasteiger charge is 2.19. The monoisotopic (exact) mass is 248 g/mol. The van der Waals surface area contributed by atoms with Crippen molar-refractivity contribution < 1.29 is 0 Å². The molecule has 4 heteroatoms. The topological polar surface area (TPSA) is 45.8 Å². The van der Waals surface area contributed by atoms with Gasteiger partial charge in [-0.25, -0.2) is 4.98 Å². The van der Waals surface area contributed by atoms with Crippen molar-refractivity contribution in [3.8, 4) is 10.6 Å². The molecule has 0 spiro atoms. The van der Waals surface area contributed by atoms with Crippen LogP contribution in [0.5, 0.6) is 0 Å². The van der Waals surface area contributed by atoms with E-state index in [-0.39, 0.29) is 11.0 Å². The highest BCUT2D eigenvalue weighted by Crippen LogP contribution is 2.26. The van der Waals surface area contributed by atoms with E-state index in [1.807, 2.05) is 45.2 Å². The zero-order valence-corrected chi connectivity index (χ0v) is 11.3. The molecule has 0 aliphatic rings. The molecular weight excluding hydrogens is 232 g/mol. The number of rotatable bonds is 1. The van der Waals surface area contributed by atoms with Crippen LogP contribution in [0.25, 0.3) is 10.6 Å². The molecule has 0 fully saturated rings. The van der Waals surface area contributed by atoms with Gasteiger partial charge in [0.05, 0.1) is 10.6 Å². The lowest BCUT2D eigenvalue weighted by Gasteiger charge is -2.18. The normalized spacial score (nSPS) is 11.8. The molecule has 0 radical (unpaired) electrons. The fourth-order valence-electron chi connectivity index (χ4n) is 1.54. The summed E-state index contributed by atoms with van der Waals surface area (Å²) in [5.41, 5.74) is 1.28. The summed E-state index contributed by atoms with van der Waals surface area (Å²) in [5, 5.41) is 1.99. The molecule has 2 heterocycles. The second-order valence-corrected chi connectivity index (χ2v) is 6.06. The average molecular weight is 248 g/mol. The van der Waals surface area contributed by atoms with Gasteiger partial charge in [-0.3, -0.25) is 4.79 Å². The summed E-state index contributed by atoms with van der Waals surface area (Å²) in [7, 11) is 0. The SMILES string of the molecule is Cc1c(-c2cccs2)nc(C(C)(C)C)[nH]c1=O. The van der Waals surface area contributed by atoms with Gasteiger partial charge in [-0.1, -0.05) is 26.8 Å². The Labute approximate surface area is 105 Å². The summed E-state index contributed by atoms with van der Waals surface area (Å²) >= 11 is 1.60. The number of nitrogens with zero attached hydrogens (tertiary/aromatic N) is 1. The molecule has 0 unspecified atom stereocenters. The van der Waals surface area contributed by atoms with E-state index in [0.29, 0.717) is 5.56 Å². The maximum atomic E-state index is 11.9. The minimum Gasteiger partial charge on any atom is -0.310 e. The number of H-pyrrole nitrogens is 1. The Bertz CT molecular complexity index is 576. The van der Waals surface area contributed by atoms with Gasteiger partial charge in [-0.2, -0.15) is 0 Å². The van der Waals surface area contributed by atoms with Gasteiger partial charge in [0.1, 0.15) is 5.82 Å². The molecule has 17 heavy (non-hydrogen) atoms. The third-order valence-corrected chi connectivity index (χ3v) is 3.49. The quantitative estimate of drug-likeness (QED) is 0.843. The van der Waals surface area contributed by atoms with Crippen LogP contribution in [0.15, 0.2) is 22.3 Å². The van der Waals surface area contributed by atoms with Gasteiger partial charge < -0.3 is 4.98 Å². The Hall–Kier alpha value is -1.42. The molecule has 1 N–H and O–H groups in total. The predicted octanol–water partition coefficient (Wildman–Crippen LogP) is 3.10. The standard InChI is InChI=1S/C13H16N2OS/c1-8-10(9-6-5-7-17-9)14-12(13(2,3)4)15-11(8)16/h5-7H,1-4H3,(H,14,15,16). The lowest BCUT2D eigenvalue weighted by atomic mass is 9.95. The van der Waals surface area contributed by atoms with Crippen molar-refractivity contribution in [2.45, 2.75) is 33.1 Å². The Morgan fingerprint density at radius 2 is 2.06 bits per heavy atom. The smallest absolute Gasteiger partial charge is 0.254 e. The number of aromatic amines is 1. The summed E-state index contributed by atoms with van der Waals surface area (Å²) in [6.07, 6.45) is 0. The first kappa shape index (κ1) is 12.0. The first-order valence-corrected chi connectivity index (χ1v) is 6.43. The molecule has 0 aromatic carbocycles. The largest absolute Gasteiger partial charge is 0.310 e. The van der Waals surface area contributed by atoms with E-state index < -0.39 is 0 Å². The molecule has 0 saturated heterocycles. The molecule has 0 aliphatic heterocycles. The van der Waals surface area contributed by atoms with Crippen molar-refractivity contribution >= 4 is 11.3 Å². The molecule has 0 amide bonds. The maximum Gasteiger partial charge on any atom is 0.254 e. The number of hydrogen-bond acceptors (Lipinski definition) is 3. The molecule has 2 rings (SSSR count). The number of nitrogens with one attached hydrogen (secondary N) is 1. The van der Waals surface area contributed by atoms with Crippen molar-refractivity contribution in [2.24, 2.45) is 0 Å². The summed E-state index contributed by atoms with van der Waals surface area (Å²) in [6, 6.07) is 3.96. The maximum absolute atomic E-state index is 11.9. The Balaban J connectivity index is 2.68. The summed E-state index contributed by atoms with van der Waals surface area (Å²) in [6.45, 7) is 7.93. The number of aromatic nitrogens is 2. The van der Waals surface area contributed by atoms with Crippen molar-refractivity contribution in [1.29, 1.82) is 0 Å². The first-order chi connectivity index (χ1) is 7.89. The Kier molecular flexibility index (Phi) is 2.91. The minimum absolute atomic E-state index is 0.0478. The van der Waals surface area contributed by atoms with Crippen molar-refractivity contribution in [3.05, 3.63) is 39.3 Å². The molecule has 0 bridgehead atoms. The van der Waals surface area contributed by atoms with E-state index >= 15 is 0 Å². The second-order valence-electron chi connectivity index (χ2n) is 5.12. The number of hydrogen-bond donors (Lipinski definition) is 1. The minimum atomic E-state index is -0.154. The van der Waals surface area contributed by atoms with Crippen LogP contribution in [-0.4, -0.2) is 9.97 Å². The van der Waals surface area contributed by atoms with Crippen LogP contribution >= 0.6 is 11.3 Å². The van der Waals surface area contributed by atoms with Gasteiger partial charge in [-0.15, -0.1) is 11.3 Å². The molecular formula is C13H16N2OS. The van der Waals surface area contributed by atoms with Crippen molar-refractivity contribution in [3.63, 3.8) is 0 Å². The van der Waals surface area contributed by atoms with Crippen LogP contribution in [-0.2, 0) is 5.41 Å². The molecule has 0 aliphatic carbocycles. The van der Waals surface area contributed by atoms with E-state index in [0.717, 1.165) is 16.4 Å². The Morgan fingerprint density at radius 3 is 2.59 bits per heavy atom. The van der Waals surface area contributed by atoms with Gasteiger partial charge in [0.15, 0.2) is 0 Å². The van der Waals surface area contributed by atoms with Crippen LogP contribution in [0.3, 0.4) is 0 Å². The van der Waals surface area contributed by atoms with Crippen molar-refractivity contribution in [1.82, 2.24) is 9.97 Å². The molecule has 0 atom stereocenters. The predicted molar refractivity (Wildman–Crippen MR) is 71.6 cm³/mol. The zero-order chi connectivity index (χ0) is 12.6. The highest BCUT2D eigenvalue weighted by molar-refractivity contribution is 7.13. The first-order valence-electron chi connectivity index (χ1n) is 5.55. The van der Waals surface area contributed by atoms with Gasteiger partial charge in [0.2, 0.25) is 0 Å². The van der Waals surface area contributed by atoms with E-state index in [4.69, 9.17) is 0 Å². The molecule has 2 aromatic heterocycles. The molecule has 90 valence electrons. The van der Waals surface area contributed by atoms with Gasteiger partial charge in [0.25, 0.3) is 5.56 Å².